The van der Waals surface area contributed by atoms with Crippen LogP contribution >= 0.6 is 0 Å². The third-order valence-electron chi connectivity index (χ3n) is 5.47. The number of aromatic hydroxyl groups is 1. The number of fused-ring (bicyclic) bond motifs is 1. The Bertz CT molecular complexity index is 904. The van der Waals surface area contributed by atoms with E-state index in [1.807, 2.05) is 0 Å². The predicted molar refractivity (Wildman–Crippen MR) is 102 cm³/mol. The summed E-state index contributed by atoms with van der Waals surface area (Å²) in [6.45, 7) is 2.80. The minimum absolute atomic E-state index is 0.219. The first kappa shape index (κ1) is 19.9. The molecule has 0 saturated carbocycles. The number of likely N-dealkylation sites (tertiary alicyclic amines) is 1. The van der Waals surface area contributed by atoms with Crippen LogP contribution in [-0.4, -0.2) is 53.0 Å². The van der Waals surface area contributed by atoms with Crippen molar-refractivity contribution >= 4 is 5.82 Å². The first-order valence-electron chi connectivity index (χ1n) is 9.65. The molecule has 1 saturated heterocycles. The number of nitrogens with zero attached hydrogens (tertiary/aromatic N) is 3. The van der Waals surface area contributed by atoms with Crippen molar-refractivity contribution in [3.63, 3.8) is 0 Å². The second kappa shape index (κ2) is 7.79. The molecule has 0 bridgehead atoms. The molecule has 2 aliphatic rings. The van der Waals surface area contributed by atoms with E-state index < -0.39 is 17.5 Å². The molecule has 156 valence electrons. The molecule has 6 nitrogen and oxygen atoms in total. The summed E-state index contributed by atoms with van der Waals surface area (Å²) in [7, 11) is 2.08. The Morgan fingerprint density at radius 2 is 2.07 bits per heavy atom. The van der Waals surface area contributed by atoms with Crippen LogP contribution in [0, 0.1) is 0 Å². The molecule has 1 atom stereocenters. The van der Waals surface area contributed by atoms with Crippen LogP contribution in [0.2, 0.25) is 0 Å². The number of piperidine rings is 1. The fourth-order valence-electron chi connectivity index (χ4n) is 4.00. The van der Waals surface area contributed by atoms with Gasteiger partial charge < -0.3 is 20.1 Å². The van der Waals surface area contributed by atoms with Crippen molar-refractivity contribution in [2.45, 2.75) is 38.1 Å². The molecule has 0 amide bonds. The van der Waals surface area contributed by atoms with E-state index in [0.717, 1.165) is 49.2 Å². The first-order chi connectivity index (χ1) is 13.8. The van der Waals surface area contributed by atoms with Gasteiger partial charge in [-0.15, -0.1) is 10.2 Å². The number of hydrogen-bond acceptors (Lipinski definition) is 6. The van der Waals surface area contributed by atoms with E-state index in [2.05, 4.69) is 27.5 Å². The van der Waals surface area contributed by atoms with Crippen molar-refractivity contribution in [1.82, 2.24) is 15.1 Å². The highest BCUT2D eigenvalue weighted by atomic mass is 19.4. The summed E-state index contributed by atoms with van der Waals surface area (Å²) in [6.07, 6.45) is -1.75. The molecule has 2 aromatic rings. The number of aromatic nitrogens is 2. The van der Waals surface area contributed by atoms with Gasteiger partial charge in [0, 0.05) is 29.3 Å². The number of anilines is 1. The largest absolute Gasteiger partial charge is 0.507 e. The van der Waals surface area contributed by atoms with Crippen LogP contribution in [0.3, 0.4) is 0 Å². The lowest BCUT2D eigenvalue weighted by Gasteiger charge is -2.31. The molecule has 3 heterocycles. The van der Waals surface area contributed by atoms with Crippen molar-refractivity contribution in [3.05, 3.63) is 34.9 Å². The van der Waals surface area contributed by atoms with Gasteiger partial charge in [0.05, 0.1) is 18.8 Å². The van der Waals surface area contributed by atoms with Gasteiger partial charge in [-0.25, -0.2) is 0 Å². The van der Waals surface area contributed by atoms with Crippen molar-refractivity contribution in [3.8, 4) is 17.0 Å². The maximum absolute atomic E-state index is 12.9. The zero-order valence-corrected chi connectivity index (χ0v) is 16.1. The third-order valence-corrected chi connectivity index (χ3v) is 5.47. The normalized spacial score (nSPS) is 20.3. The molecular formula is C20H23F3N4O2. The average molecular weight is 408 g/mol. The number of nitrogens with one attached hydrogen (secondary N) is 1. The number of ether oxygens (including phenoxy) is 1. The van der Waals surface area contributed by atoms with E-state index in [1.165, 1.54) is 6.07 Å². The fourth-order valence-corrected chi connectivity index (χ4v) is 4.00. The highest BCUT2D eigenvalue weighted by molar-refractivity contribution is 5.73. The molecule has 4 rings (SSSR count). The van der Waals surface area contributed by atoms with Gasteiger partial charge in [0.25, 0.3) is 0 Å². The van der Waals surface area contributed by atoms with Crippen LogP contribution in [0.25, 0.3) is 11.3 Å². The smallest absolute Gasteiger partial charge is 0.416 e. The highest BCUT2D eigenvalue weighted by Gasteiger charge is 2.32. The van der Waals surface area contributed by atoms with Crippen molar-refractivity contribution < 1.29 is 23.0 Å². The Hall–Kier alpha value is -2.39. The number of phenols is 1. The zero-order valence-electron chi connectivity index (χ0n) is 16.1. The molecule has 0 aliphatic carbocycles. The Kier molecular flexibility index (Phi) is 5.35. The first-order valence-corrected chi connectivity index (χ1v) is 9.65. The molecule has 2 aliphatic heterocycles. The fraction of sp³-hybridized carbons (Fsp3) is 0.500. The van der Waals surface area contributed by atoms with Gasteiger partial charge in [0.2, 0.25) is 0 Å². The maximum Gasteiger partial charge on any atom is 0.416 e. The lowest BCUT2D eigenvalue weighted by atomic mass is 9.97. The van der Waals surface area contributed by atoms with Crippen LogP contribution in [-0.2, 0) is 23.9 Å². The summed E-state index contributed by atoms with van der Waals surface area (Å²) in [4.78, 5) is 2.26. The Balaban J connectivity index is 1.69. The second-order valence-electron chi connectivity index (χ2n) is 7.63. The lowest BCUT2D eigenvalue weighted by Crippen LogP contribution is -2.40. The Morgan fingerprint density at radius 1 is 1.24 bits per heavy atom. The highest BCUT2D eigenvalue weighted by Crippen LogP contribution is 2.39. The number of likely N-dealkylation sites (N-methyl/N-ethyl adjacent to an activating group) is 1. The van der Waals surface area contributed by atoms with E-state index in [9.17, 15) is 18.3 Å². The van der Waals surface area contributed by atoms with Crippen LogP contribution in [0.5, 0.6) is 5.75 Å². The number of halogens is 3. The number of phenolic OH excluding ortho intramolecular Hbond substituents is 1. The van der Waals surface area contributed by atoms with E-state index in [1.54, 1.807) is 0 Å². The summed E-state index contributed by atoms with van der Waals surface area (Å²) in [5, 5.41) is 22.3. The second-order valence-corrected chi connectivity index (χ2v) is 7.63. The molecule has 29 heavy (non-hydrogen) atoms. The van der Waals surface area contributed by atoms with Crippen LogP contribution in [0.1, 0.15) is 29.5 Å². The number of alkyl halides is 3. The molecule has 1 fully saturated rings. The van der Waals surface area contributed by atoms with E-state index in [4.69, 9.17) is 4.74 Å². The Morgan fingerprint density at radius 3 is 2.79 bits per heavy atom. The van der Waals surface area contributed by atoms with Gasteiger partial charge in [-0.05, 0) is 51.1 Å². The maximum atomic E-state index is 12.9. The van der Waals surface area contributed by atoms with E-state index >= 15 is 0 Å². The zero-order chi connectivity index (χ0) is 20.6. The predicted octanol–water partition coefficient (Wildman–Crippen LogP) is 3.45. The van der Waals surface area contributed by atoms with Crippen molar-refractivity contribution in [1.29, 1.82) is 0 Å². The topological polar surface area (TPSA) is 70.5 Å². The third kappa shape index (κ3) is 4.16. The van der Waals surface area contributed by atoms with Gasteiger partial charge in [0.1, 0.15) is 11.4 Å². The number of benzene rings is 1. The summed E-state index contributed by atoms with van der Waals surface area (Å²) < 4.78 is 44.3. The van der Waals surface area contributed by atoms with Gasteiger partial charge in [-0.3, -0.25) is 0 Å². The van der Waals surface area contributed by atoms with Crippen molar-refractivity contribution in [2.24, 2.45) is 0 Å². The molecular weight excluding hydrogens is 385 g/mol. The van der Waals surface area contributed by atoms with Gasteiger partial charge in [0.15, 0.2) is 5.82 Å². The SMILES string of the molecule is CN1CCC[C@@H](Nc2nnc(-c3ccc(C(F)(F)F)cc3O)c3c2CCOC3)C1. The summed E-state index contributed by atoms with van der Waals surface area (Å²) >= 11 is 0. The molecule has 0 radical (unpaired) electrons. The summed E-state index contributed by atoms with van der Waals surface area (Å²) in [5.74, 6) is 0.218. The molecule has 0 unspecified atom stereocenters. The molecule has 9 heteroatoms. The number of rotatable bonds is 3. The van der Waals surface area contributed by atoms with Crippen LogP contribution in [0.4, 0.5) is 19.0 Å². The molecule has 2 N–H and O–H groups in total. The number of hydrogen-bond donors (Lipinski definition) is 2. The van der Waals surface area contributed by atoms with E-state index in [0.29, 0.717) is 24.5 Å². The average Bonchev–Trinajstić information content (AvgIpc) is 2.68. The molecule has 1 aromatic carbocycles. The summed E-state index contributed by atoms with van der Waals surface area (Å²) in [6, 6.07) is 3.16. The minimum atomic E-state index is -4.52. The van der Waals surface area contributed by atoms with Crippen molar-refractivity contribution in [2.75, 3.05) is 32.1 Å². The van der Waals surface area contributed by atoms with Gasteiger partial charge in [-0.2, -0.15) is 13.2 Å². The van der Waals surface area contributed by atoms with Crippen LogP contribution < -0.4 is 5.32 Å². The van der Waals surface area contributed by atoms with E-state index in [-0.39, 0.29) is 18.2 Å². The van der Waals surface area contributed by atoms with Crippen LogP contribution in [0.15, 0.2) is 18.2 Å². The quantitative estimate of drug-likeness (QED) is 0.811. The Labute approximate surface area is 166 Å². The monoisotopic (exact) mass is 408 g/mol. The lowest BCUT2D eigenvalue weighted by molar-refractivity contribution is -0.137. The molecule has 1 aromatic heterocycles. The van der Waals surface area contributed by atoms with Gasteiger partial charge >= 0.3 is 6.18 Å². The van der Waals surface area contributed by atoms with Gasteiger partial charge in [-0.1, -0.05) is 0 Å². The molecule has 0 spiro atoms. The standard InChI is InChI=1S/C20H23F3N4O2/c1-27-7-2-3-13(10-27)24-19-14-6-8-29-11-16(14)18(25-26-19)15-5-4-12(9-17(15)28)20(21,22)23/h4-5,9,13,28H,2-3,6-8,10-11H2,1H3,(H,24,26)/t13-/m1/s1. The minimum Gasteiger partial charge on any atom is -0.507 e. The summed E-state index contributed by atoms with van der Waals surface area (Å²) in [5.41, 5.74) is 1.38.